The van der Waals surface area contributed by atoms with Gasteiger partial charge in [-0.25, -0.2) is 16.8 Å². The Morgan fingerprint density at radius 2 is 2.04 bits per heavy atom. The number of nitrogens with one attached hydrogen (secondary N) is 1. The van der Waals surface area contributed by atoms with E-state index < -0.39 is 32.1 Å². The summed E-state index contributed by atoms with van der Waals surface area (Å²) in [5, 5.41) is 9.23. The molecule has 1 saturated heterocycles. The lowest BCUT2D eigenvalue weighted by atomic mass is 10.2. The van der Waals surface area contributed by atoms with Crippen molar-refractivity contribution in [3.8, 4) is 5.75 Å². The highest BCUT2D eigenvalue weighted by molar-refractivity contribution is 7.93. The average Bonchev–Trinajstić information content (AvgIpc) is 3.05. The Labute approximate surface area is 146 Å². The molecule has 0 saturated carbocycles. The van der Waals surface area contributed by atoms with Gasteiger partial charge in [0, 0.05) is 12.6 Å². The van der Waals surface area contributed by atoms with Crippen molar-refractivity contribution in [3.05, 3.63) is 18.2 Å². The van der Waals surface area contributed by atoms with E-state index >= 15 is 0 Å². The van der Waals surface area contributed by atoms with Crippen LogP contribution < -0.4 is 9.46 Å². The van der Waals surface area contributed by atoms with E-state index in [1.165, 1.54) is 32.2 Å². The SMILES string of the molecule is CCS(=O)(=O)Nc1cc(OC)ccc1S(=O)(=O)N1CCC[C@H]1C(=O)O. The number of benzene rings is 1. The van der Waals surface area contributed by atoms with Crippen LogP contribution in [-0.4, -0.2) is 57.7 Å². The van der Waals surface area contributed by atoms with E-state index in [1.54, 1.807) is 0 Å². The first-order valence-electron chi connectivity index (χ1n) is 7.55. The number of methoxy groups -OCH3 is 1. The molecular formula is C14H20N2O7S2. The Bertz CT molecular complexity index is 865. The van der Waals surface area contributed by atoms with Gasteiger partial charge in [-0.3, -0.25) is 9.52 Å². The van der Waals surface area contributed by atoms with Crippen LogP contribution in [0.5, 0.6) is 5.75 Å². The maximum Gasteiger partial charge on any atom is 0.322 e. The smallest absolute Gasteiger partial charge is 0.322 e. The molecule has 9 nitrogen and oxygen atoms in total. The van der Waals surface area contributed by atoms with Crippen LogP contribution in [0.2, 0.25) is 0 Å². The maximum atomic E-state index is 12.9. The summed E-state index contributed by atoms with van der Waals surface area (Å²) in [6.45, 7) is 1.48. The number of rotatable bonds is 7. The standard InChI is InChI=1S/C14H20N2O7S2/c1-3-24(19,20)15-11-9-10(23-2)6-7-13(11)25(21,22)16-8-4-5-12(16)14(17)18/h6-7,9,12,15H,3-5,8H2,1-2H3,(H,17,18)/t12-/m0/s1. The van der Waals surface area contributed by atoms with Gasteiger partial charge < -0.3 is 9.84 Å². The van der Waals surface area contributed by atoms with Gasteiger partial charge in [-0.1, -0.05) is 0 Å². The van der Waals surface area contributed by atoms with E-state index in [2.05, 4.69) is 4.72 Å². The molecule has 1 aliphatic heterocycles. The minimum absolute atomic E-state index is 0.0608. The molecule has 11 heteroatoms. The zero-order valence-corrected chi connectivity index (χ0v) is 15.4. The molecule has 1 aromatic carbocycles. The number of carboxylic acids is 1. The molecule has 0 radical (unpaired) electrons. The Morgan fingerprint density at radius 3 is 2.60 bits per heavy atom. The van der Waals surface area contributed by atoms with Crippen molar-refractivity contribution >= 4 is 31.7 Å². The molecule has 25 heavy (non-hydrogen) atoms. The van der Waals surface area contributed by atoms with Crippen molar-refractivity contribution in [2.75, 3.05) is 24.1 Å². The van der Waals surface area contributed by atoms with Crippen molar-refractivity contribution in [2.45, 2.75) is 30.7 Å². The van der Waals surface area contributed by atoms with Crippen LogP contribution in [0.15, 0.2) is 23.1 Å². The predicted molar refractivity (Wildman–Crippen MR) is 90.6 cm³/mol. The second-order valence-electron chi connectivity index (χ2n) is 5.48. The van der Waals surface area contributed by atoms with E-state index in [1.807, 2.05) is 0 Å². The van der Waals surface area contributed by atoms with Crippen LogP contribution in [0, 0.1) is 0 Å². The van der Waals surface area contributed by atoms with E-state index in [-0.39, 0.29) is 35.1 Å². The zero-order valence-electron chi connectivity index (χ0n) is 13.8. The molecule has 2 N–H and O–H groups in total. The first-order valence-corrected chi connectivity index (χ1v) is 10.6. The summed E-state index contributed by atoms with van der Waals surface area (Å²) in [4.78, 5) is 11.0. The monoisotopic (exact) mass is 392 g/mol. The molecule has 1 fully saturated rings. The van der Waals surface area contributed by atoms with Crippen LogP contribution in [0.4, 0.5) is 5.69 Å². The largest absolute Gasteiger partial charge is 0.497 e. The third kappa shape index (κ3) is 4.05. The number of carboxylic acid groups (broad SMARTS) is 1. The average molecular weight is 392 g/mol. The van der Waals surface area contributed by atoms with Crippen molar-refractivity contribution in [3.63, 3.8) is 0 Å². The minimum Gasteiger partial charge on any atom is -0.497 e. The number of hydrogen-bond donors (Lipinski definition) is 2. The summed E-state index contributed by atoms with van der Waals surface area (Å²) in [7, 11) is -6.57. The van der Waals surface area contributed by atoms with Crippen LogP contribution in [0.25, 0.3) is 0 Å². The number of hydrogen-bond acceptors (Lipinski definition) is 6. The summed E-state index contributed by atoms with van der Waals surface area (Å²) >= 11 is 0. The molecule has 1 heterocycles. The molecule has 0 spiro atoms. The second kappa shape index (κ2) is 7.18. The van der Waals surface area contributed by atoms with E-state index in [4.69, 9.17) is 4.74 Å². The third-order valence-electron chi connectivity index (χ3n) is 3.91. The van der Waals surface area contributed by atoms with E-state index in [9.17, 15) is 26.7 Å². The second-order valence-corrected chi connectivity index (χ2v) is 9.35. The number of anilines is 1. The zero-order chi connectivity index (χ0) is 18.8. The Balaban J connectivity index is 2.55. The molecule has 1 atom stereocenters. The number of ether oxygens (including phenoxy) is 1. The van der Waals surface area contributed by atoms with Gasteiger partial charge in [-0.2, -0.15) is 4.31 Å². The van der Waals surface area contributed by atoms with Crippen molar-refractivity contribution in [1.29, 1.82) is 0 Å². The quantitative estimate of drug-likeness (QED) is 0.698. The number of sulfonamides is 2. The maximum absolute atomic E-state index is 12.9. The van der Waals surface area contributed by atoms with Gasteiger partial charge in [-0.05, 0) is 31.9 Å². The van der Waals surface area contributed by atoms with Crippen molar-refractivity contribution < 1.29 is 31.5 Å². The van der Waals surface area contributed by atoms with Crippen molar-refractivity contribution in [2.24, 2.45) is 0 Å². The predicted octanol–water partition coefficient (Wildman–Crippen LogP) is 0.694. The van der Waals surface area contributed by atoms with Crippen LogP contribution >= 0.6 is 0 Å². The lowest BCUT2D eigenvalue weighted by molar-refractivity contribution is -0.140. The van der Waals surface area contributed by atoms with E-state index in [0.717, 1.165) is 4.31 Å². The lowest BCUT2D eigenvalue weighted by Gasteiger charge is -2.23. The molecule has 0 amide bonds. The van der Waals surface area contributed by atoms with E-state index in [0.29, 0.717) is 6.42 Å². The number of nitrogens with zero attached hydrogens (tertiary/aromatic N) is 1. The van der Waals surface area contributed by atoms with Crippen LogP contribution in [-0.2, 0) is 24.8 Å². The Morgan fingerprint density at radius 1 is 1.36 bits per heavy atom. The molecule has 140 valence electrons. The van der Waals surface area contributed by atoms with Gasteiger partial charge in [-0.15, -0.1) is 0 Å². The summed E-state index contributed by atoms with van der Waals surface area (Å²) < 4.78 is 57.8. The molecular weight excluding hydrogens is 372 g/mol. The first kappa shape index (κ1) is 19.5. The highest BCUT2D eigenvalue weighted by Crippen LogP contribution is 2.33. The van der Waals surface area contributed by atoms with Gasteiger partial charge in [0.05, 0.1) is 18.6 Å². The fourth-order valence-electron chi connectivity index (χ4n) is 2.58. The van der Waals surface area contributed by atoms with Crippen molar-refractivity contribution in [1.82, 2.24) is 4.31 Å². The fourth-order valence-corrected chi connectivity index (χ4v) is 5.07. The summed E-state index contributed by atoms with van der Waals surface area (Å²) in [5.74, 6) is -1.21. The van der Waals surface area contributed by atoms with Gasteiger partial charge in [0.15, 0.2) is 0 Å². The molecule has 0 unspecified atom stereocenters. The molecule has 2 rings (SSSR count). The molecule has 0 bridgehead atoms. The molecule has 0 aliphatic carbocycles. The van der Waals surface area contributed by atoms with Gasteiger partial charge in [0.25, 0.3) is 0 Å². The Hall–Kier alpha value is -1.85. The topological polar surface area (TPSA) is 130 Å². The summed E-state index contributed by atoms with van der Waals surface area (Å²) in [6, 6.07) is 2.68. The highest BCUT2D eigenvalue weighted by atomic mass is 32.2. The fraction of sp³-hybridized carbons (Fsp3) is 0.500. The van der Waals surface area contributed by atoms with Gasteiger partial charge in [0.2, 0.25) is 20.0 Å². The summed E-state index contributed by atoms with van der Waals surface area (Å²) in [5.41, 5.74) is -0.169. The Kier molecular flexibility index (Phi) is 5.59. The normalized spacial score (nSPS) is 18.9. The minimum atomic E-state index is -4.20. The number of carbonyl (C=O) groups is 1. The number of aliphatic carboxylic acids is 1. The first-order chi connectivity index (χ1) is 11.6. The highest BCUT2D eigenvalue weighted by Gasteiger charge is 2.40. The molecule has 1 aliphatic rings. The summed E-state index contributed by atoms with van der Waals surface area (Å²) in [6.07, 6.45) is 0.628. The van der Waals surface area contributed by atoms with Gasteiger partial charge >= 0.3 is 5.97 Å². The molecule has 0 aromatic heterocycles. The van der Waals surface area contributed by atoms with Gasteiger partial charge in [0.1, 0.15) is 16.7 Å². The van der Waals surface area contributed by atoms with Crippen LogP contribution in [0.1, 0.15) is 19.8 Å². The lowest BCUT2D eigenvalue weighted by Crippen LogP contribution is -2.40. The van der Waals surface area contributed by atoms with Crippen LogP contribution in [0.3, 0.4) is 0 Å². The third-order valence-corrected chi connectivity index (χ3v) is 7.16. The molecule has 1 aromatic rings.